The first-order chi connectivity index (χ1) is 15.6. The number of nitrogens with zero attached hydrogens (tertiary/aromatic N) is 4. The number of amides is 1. The van der Waals surface area contributed by atoms with Crippen molar-refractivity contribution in [2.24, 2.45) is 7.05 Å². The van der Waals surface area contributed by atoms with Gasteiger partial charge in [0.05, 0.1) is 25.8 Å². The Morgan fingerprint density at radius 2 is 2.03 bits per heavy atom. The number of hydrogen-bond donors (Lipinski definition) is 0. The van der Waals surface area contributed by atoms with Crippen molar-refractivity contribution < 1.29 is 18.8 Å². The number of fused-ring (bicyclic) bond motifs is 1. The van der Waals surface area contributed by atoms with E-state index in [1.807, 2.05) is 62.5 Å². The lowest BCUT2D eigenvalue weighted by Crippen LogP contribution is -2.42. The second-order valence-electron chi connectivity index (χ2n) is 7.84. The van der Waals surface area contributed by atoms with Crippen molar-refractivity contribution >= 4 is 16.8 Å². The van der Waals surface area contributed by atoms with Crippen molar-refractivity contribution in [2.45, 2.75) is 13.0 Å². The Morgan fingerprint density at radius 3 is 2.88 bits per heavy atom. The number of carbonyl (C=O) groups excluding carboxylic acids is 1. The number of rotatable bonds is 4. The van der Waals surface area contributed by atoms with Gasteiger partial charge in [-0.2, -0.15) is 4.98 Å². The quantitative estimate of drug-likeness (QED) is 0.488. The third kappa shape index (κ3) is 3.42. The molecule has 32 heavy (non-hydrogen) atoms. The highest BCUT2D eigenvalue weighted by Crippen LogP contribution is 2.29. The van der Waals surface area contributed by atoms with Crippen LogP contribution in [0.1, 0.15) is 28.0 Å². The number of benzene rings is 2. The van der Waals surface area contributed by atoms with Gasteiger partial charge in [-0.05, 0) is 25.1 Å². The number of ether oxygens (including phenoxy) is 2. The number of morpholine rings is 1. The Bertz CT molecular complexity index is 1290. The second kappa shape index (κ2) is 8.12. The summed E-state index contributed by atoms with van der Waals surface area (Å²) in [5.74, 6) is 1.51. The number of aromatic nitrogens is 3. The Labute approximate surface area is 185 Å². The largest absolute Gasteiger partial charge is 0.497 e. The Kier molecular flexibility index (Phi) is 5.14. The predicted molar refractivity (Wildman–Crippen MR) is 119 cm³/mol. The molecule has 164 valence electrons. The van der Waals surface area contributed by atoms with Crippen LogP contribution in [0.25, 0.3) is 22.3 Å². The molecule has 1 fully saturated rings. The molecule has 0 bridgehead atoms. The van der Waals surface area contributed by atoms with Crippen LogP contribution in [0.15, 0.2) is 53.1 Å². The molecule has 0 spiro atoms. The average molecular weight is 432 g/mol. The zero-order valence-electron chi connectivity index (χ0n) is 18.2. The van der Waals surface area contributed by atoms with Crippen LogP contribution in [0.5, 0.6) is 5.75 Å². The van der Waals surface area contributed by atoms with Crippen LogP contribution < -0.4 is 4.74 Å². The van der Waals surface area contributed by atoms with Crippen LogP contribution in [0.4, 0.5) is 0 Å². The molecule has 3 heterocycles. The molecule has 2 aromatic heterocycles. The van der Waals surface area contributed by atoms with E-state index in [1.165, 1.54) is 0 Å². The molecule has 8 nitrogen and oxygen atoms in total. The smallest absolute Gasteiger partial charge is 0.257 e. The Hall–Kier alpha value is -3.65. The van der Waals surface area contributed by atoms with Crippen molar-refractivity contribution in [3.05, 3.63) is 65.7 Å². The van der Waals surface area contributed by atoms with E-state index in [1.54, 1.807) is 12.0 Å². The number of aryl methyl sites for hydroxylation is 1. The minimum Gasteiger partial charge on any atom is -0.497 e. The van der Waals surface area contributed by atoms with Gasteiger partial charge >= 0.3 is 0 Å². The lowest BCUT2D eigenvalue weighted by molar-refractivity contribution is -0.0367. The maximum absolute atomic E-state index is 13.5. The van der Waals surface area contributed by atoms with Gasteiger partial charge in [-0.1, -0.05) is 35.5 Å². The maximum Gasteiger partial charge on any atom is 0.257 e. The summed E-state index contributed by atoms with van der Waals surface area (Å²) in [5, 5.41) is 5.05. The molecule has 0 aliphatic carbocycles. The van der Waals surface area contributed by atoms with Crippen molar-refractivity contribution in [2.75, 3.05) is 26.8 Å². The molecular formula is C24H24N4O4. The van der Waals surface area contributed by atoms with Gasteiger partial charge < -0.3 is 23.5 Å². The standard InChI is InChI=1S/C24H24N4O4/c1-15-21(18-9-4-5-10-19(18)27(15)2)24(29)28-11-12-31-20(14-28)23-25-22(26-32-23)16-7-6-8-17(13-16)30-3/h4-10,13,20H,11-12,14H2,1-3H3/t20-/m1/s1. The summed E-state index contributed by atoms with van der Waals surface area (Å²) in [6, 6.07) is 15.4. The summed E-state index contributed by atoms with van der Waals surface area (Å²) in [4.78, 5) is 19.8. The summed E-state index contributed by atoms with van der Waals surface area (Å²) >= 11 is 0. The molecule has 1 aliphatic heterocycles. The summed E-state index contributed by atoms with van der Waals surface area (Å²) in [6.45, 7) is 3.23. The van der Waals surface area contributed by atoms with Gasteiger partial charge in [0.25, 0.3) is 11.8 Å². The molecule has 5 rings (SSSR count). The fraction of sp³-hybridized carbons (Fsp3) is 0.292. The van der Waals surface area contributed by atoms with E-state index < -0.39 is 6.10 Å². The van der Waals surface area contributed by atoms with Crippen LogP contribution in [-0.2, 0) is 11.8 Å². The molecular weight excluding hydrogens is 408 g/mol. The highest BCUT2D eigenvalue weighted by Gasteiger charge is 2.32. The number of methoxy groups -OCH3 is 1. The summed E-state index contributed by atoms with van der Waals surface area (Å²) in [7, 11) is 3.59. The molecule has 4 aromatic rings. The molecule has 8 heteroatoms. The molecule has 2 aromatic carbocycles. The van der Waals surface area contributed by atoms with Crippen LogP contribution in [0.2, 0.25) is 0 Å². The minimum absolute atomic E-state index is 0.0138. The highest BCUT2D eigenvalue weighted by molar-refractivity contribution is 6.08. The maximum atomic E-state index is 13.5. The molecule has 1 aliphatic rings. The second-order valence-corrected chi connectivity index (χ2v) is 7.84. The number of para-hydroxylation sites is 1. The van der Waals surface area contributed by atoms with Crippen molar-refractivity contribution in [1.29, 1.82) is 0 Å². The zero-order valence-corrected chi connectivity index (χ0v) is 18.2. The van der Waals surface area contributed by atoms with Gasteiger partial charge in [0, 0.05) is 35.8 Å². The van der Waals surface area contributed by atoms with E-state index in [0.29, 0.717) is 37.2 Å². The summed E-state index contributed by atoms with van der Waals surface area (Å²) < 4.78 is 18.7. The van der Waals surface area contributed by atoms with Crippen LogP contribution in [-0.4, -0.2) is 52.3 Å². The van der Waals surface area contributed by atoms with Gasteiger partial charge in [-0.25, -0.2) is 0 Å². The zero-order chi connectivity index (χ0) is 22.2. The Morgan fingerprint density at radius 1 is 1.19 bits per heavy atom. The first-order valence-electron chi connectivity index (χ1n) is 10.5. The van der Waals surface area contributed by atoms with Crippen molar-refractivity contribution in [3.8, 4) is 17.1 Å². The van der Waals surface area contributed by atoms with Gasteiger partial charge in [-0.3, -0.25) is 4.79 Å². The van der Waals surface area contributed by atoms with Gasteiger partial charge in [0.1, 0.15) is 5.75 Å². The first-order valence-corrected chi connectivity index (χ1v) is 10.5. The van der Waals surface area contributed by atoms with Gasteiger partial charge in [-0.15, -0.1) is 0 Å². The van der Waals surface area contributed by atoms with E-state index in [-0.39, 0.29) is 5.91 Å². The molecule has 1 amide bonds. The normalized spacial score (nSPS) is 16.5. The fourth-order valence-corrected chi connectivity index (χ4v) is 4.18. The molecule has 0 saturated carbocycles. The van der Waals surface area contributed by atoms with Gasteiger partial charge in [0.2, 0.25) is 5.82 Å². The monoisotopic (exact) mass is 432 g/mol. The van der Waals surface area contributed by atoms with Crippen LogP contribution >= 0.6 is 0 Å². The molecule has 1 atom stereocenters. The van der Waals surface area contributed by atoms with Crippen molar-refractivity contribution in [3.63, 3.8) is 0 Å². The molecule has 0 radical (unpaired) electrons. The van der Waals surface area contributed by atoms with Crippen molar-refractivity contribution in [1.82, 2.24) is 19.6 Å². The minimum atomic E-state index is -0.477. The lowest BCUT2D eigenvalue weighted by atomic mass is 10.1. The first kappa shape index (κ1) is 20.3. The fourth-order valence-electron chi connectivity index (χ4n) is 4.18. The highest BCUT2D eigenvalue weighted by atomic mass is 16.5. The van der Waals surface area contributed by atoms with E-state index in [4.69, 9.17) is 14.0 Å². The van der Waals surface area contributed by atoms with E-state index >= 15 is 0 Å². The summed E-state index contributed by atoms with van der Waals surface area (Å²) in [6.07, 6.45) is -0.477. The molecule has 0 N–H and O–H groups in total. The average Bonchev–Trinajstić information content (AvgIpc) is 3.43. The van der Waals surface area contributed by atoms with E-state index in [9.17, 15) is 4.79 Å². The van der Waals surface area contributed by atoms with E-state index in [2.05, 4.69) is 14.7 Å². The molecule has 1 saturated heterocycles. The SMILES string of the molecule is COc1cccc(-c2noc([C@H]3CN(C(=O)c4c(C)n(C)c5ccccc45)CCO3)n2)c1. The number of carbonyl (C=O) groups is 1. The van der Waals surface area contributed by atoms with Crippen LogP contribution in [0, 0.1) is 6.92 Å². The van der Waals surface area contributed by atoms with Gasteiger partial charge in [0.15, 0.2) is 6.10 Å². The predicted octanol–water partition coefficient (Wildman–Crippen LogP) is 3.76. The molecule has 0 unspecified atom stereocenters. The third-order valence-corrected chi connectivity index (χ3v) is 6.01. The number of hydrogen-bond acceptors (Lipinski definition) is 6. The third-order valence-electron chi connectivity index (χ3n) is 6.01. The van der Waals surface area contributed by atoms with E-state index in [0.717, 1.165) is 27.7 Å². The summed E-state index contributed by atoms with van der Waals surface area (Å²) in [5.41, 5.74) is 3.50. The lowest BCUT2D eigenvalue weighted by Gasteiger charge is -2.31. The van der Waals surface area contributed by atoms with Crippen LogP contribution in [0.3, 0.4) is 0 Å². The topological polar surface area (TPSA) is 82.6 Å². The Balaban J connectivity index is 1.39.